The zero-order chi connectivity index (χ0) is 15.6. The van der Waals surface area contributed by atoms with Crippen LogP contribution in [0.2, 0.25) is 0 Å². The van der Waals surface area contributed by atoms with Gasteiger partial charge in [0.25, 0.3) is 0 Å². The third-order valence-corrected chi connectivity index (χ3v) is 4.26. The van der Waals surface area contributed by atoms with E-state index in [1.165, 1.54) is 18.2 Å². The van der Waals surface area contributed by atoms with Gasteiger partial charge in [0.2, 0.25) is 0 Å². The molecular formula is C14H16BrFN2O3. The minimum atomic E-state index is -0.815. The highest BCUT2D eigenvalue weighted by Crippen LogP contribution is 2.25. The molecule has 2 N–H and O–H groups in total. The number of carboxylic acids is 1. The van der Waals surface area contributed by atoms with Crippen molar-refractivity contribution in [3.8, 4) is 0 Å². The third kappa shape index (κ3) is 3.72. The Morgan fingerprint density at radius 3 is 2.76 bits per heavy atom. The highest BCUT2D eigenvalue weighted by Gasteiger charge is 2.32. The van der Waals surface area contributed by atoms with Crippen molar-refractivity contribution in [3.63, 3.8) is 0 Å². The zero-order valence-corrected chi connectivity index (χ0v) is 13.1. The third-order valence-electron chi connectivity index (χ3n) is 3.66. The maximum absolute atomic E-state index is 13.1. The lowest BCUT2D eigenvalue weighted by atomic mass is 9.92. The Bertz CT molecular complexity index is 567. The number of likely N-dealkylation sites (tertiary alicyclic amines) is 1. The fraction of sp³-hybridized carbons (Fsp3) is 0.429. The Labute approximate surface area is 130 Å². The fourth-order valence-corrected chi connectivity index (χ4v) is 2.85. The van der Waals surface area contributed by atoms with Crippen molar-refractivity contribution in [3.05, 3.63) is 28.5 Å². The molecule has 1 heterocycles. The van der Waals surface area contributed by atoms with Gasteiger partial charge >= 0.3 is 12.0 Å². The predicted octanol–water partition coefficient (Wildman–Crippen LogP) is 3.31. The predicted molar refractivity (Wildman–Crippen MR) is 79.6 cm³/mol. The number of rotatable bonds is 2. The van der Waals surface area contributed by atoms with Gasteiger partial charge in [-0.3, -0.25) is 4.79 Å². The van der Waals surface area contributed by atoms with Crippen LogP contribution >= 0.6 is 15.9 Å². The number of nitrogens with one attached hydrogen (secondary N) is 1. The van der Waals surface area contributed by atoms with Gasteiger partial charge < -0.3 is 15.3 Å². The zero-order valence-electron chi connectivity index (χ0n) is 11.5. The number of nitrogens with zero attached hydrogens (tertiary/aromatic N) is 1. The number of hydrogen-bond donors (Lipinski definition) is 2. The van der Waals surface area contributed by atoms with E-state index < -0.39 is 17.7 Å². The Morgan fingerprint density at radius 1 is 1.48 bits per heavy atom. The van der Waals surface area contributed by atoms with Crippen molar-refractivity contribution in [1.82, 2.24) is 4.90 Å². The van der Waals surface area contributed by atoms with E-state index in [1.807, 2.05) is 6.92 Å². The molecule has 1 aromatic carbocycles. The monoisotopic (exact) mass is 358 g/mol. The number of hydrogen-bond acceptors (Lipinski definition) is 2. The quantitative estimate of drug-likeness (QED) is 0.851. The molecule has 0 aliphatic carbocycles. The number of benzene rings is 1. The number of carbonyl (C=O) groups is 2. The molecule has 114 valence electrons. The van der Waals surface area contributed by atoms with Crippen molar-refractivity contribution >= 4 is 33.6 Å². The second kappa shape index (κ2) is 6.43. The largest absolute Gasteiger partial charge is 0.481 e. The van der Waals surface area contributed by atoms with Gasteiger partial charge in [-0.2, -0.15) is 0 Å². The summed E-state index contributed by atoms with van der Waals surface area (Å²) in [5, 5.41) is 11.7. The first kappa shape index (κ1) is 15.8. The lowest BCUT2D eigenvalue weighted by Crippen LogP contribution is -2.47. The lowest BCUT2D eigenvalue weighted by molar-refractivity contribution is -0.143. The van der Waals surface area contributed by atoms with Crippen LogP contribution in [-0.4, -0.2) is 34.6 Å². The molecule has 0 aromatic heterocycles. The second-order valence-electron chi connectivity index (χ2n) is 5.16. The molecule has 2 atom stereocenters. The van der Waals surface area contributed by atoms with Gasteiger partial charge in [-0.25, -0.2) is 9.18 Å². The topological polar surface area (TPSA) is 69.6 Å². The van der Waals surface area contributed by atoms with Crippen molar-refractivity contribution in [1.29, 1.82) is 0 Å². The van der Waals surface area contributed by atoms with Gasteiger partial charge in [0.15, 0.2) is 0 Å². The molecular weight excluding hydrogens is 343 g/mol. The molecule has 0 radical (unpaired) electrons. The molecule has 2 unspecified atom stereocenters. The molecule has 1 fully saturated rings. The Kier molecular flexibility index (Phi) is 4.82. The van der Waals surface area contributed by atoms with Crippen LogP contribution in [-0.2, 0) is 4.79 Å². The van der Waals surface area contributed by atoms with Gasteiger partial charge in [0, 0.05) is 18.3 Å². The number of carbonyl (C=O) groups excluding carboxylic acids is 1. The summed E-state index contributed by atoms with van der Waals surface area (Å²) < 4.78 is 13.4. The first-order chi connectivity index (χ1) is 9.88. The molecule has 1 saturated heterocycles. The molecule has 1 aliphatic rings. The smallest absolute Gasteiger partial charge is 0.322 e. The van der Waals surface area contributed by atoms with Crippen molar-refractivity contribution in [2.24, 2.45) is 5.92 Å². The SMILES string of the molecule is CC1CC(C(=O)O)CCN1C(=O)Nc1ccc(F)c(Br)c1. The van der Waals surface area contributed by atoms with E-state index in [9.17, 15) is 14.0 Å². The molecule has 5 nitrogen and oxygen atoms in total. The molecule has 0 saturated carbocycles. The lowest BCUT2D eigenvalue weighted by Gasteiger charge is -2.36. The number of aliphatic carboxylic acids is 1. The van der Waals surface area contributed by atoms with Crippen LogP contribution in [0.25, 0.3) is 0 Å². The van der Waals surface area contributed by atoms with Gasteiger partial charge in [-0.05, 0) is 53.9 Å². The molecule has 1 aliphatic heterocycles. The maximum Gasteiger partial charge on any atom is 0.322 e. The highest BCUT2D eigenvalue weighted by atomic mass is 79.9. The van der Waals surface area contributed by atoms with Gasteiger partial charge in [0.1, 0.15) is 5.82 Å². The van der Waals surface area contributed by atoms with E-state index in [0.29, 0.717) is 25.1 Å². The average Bonchev–Trinajstić information content (AvgIpc) is 2.42. The van der Waals surface area contributed by atoms with Crippen LogP contribution in [0.15, 0.2) is 22.7 Å². The fourth-order valence-electron chi connectivity index (χ4n) is 2.47. The van der Waals surface area contributed by atoms with Crippen LogP contribution in [0, 0.1) is 11.7 Å². The molecule has 0 spiro atoms. The summed E-state index contributed by atoms with van der Waals surface area (Å²) in [6.07, 6.45) is 0.885. The van der Waals surface area contributed by atoms with Crippen molar-refractivity contribution < 1.29 is 19.1 Å². The standard InChI is InChI=1S/C14H16BrFN2O3/c1-8-6-9(13(19)20)4-5-18(8)14(21)17-10-2-3-12(16)11(15)7-10/h2-3,7-9H,4-6H2,1H3,(H,17,21)(H,19,20). The number of anilines is 1. The Hall–Kier alpha value is -1.63. The number of amides is 2. The summed E-state index contributed by atoms with van der Waals surface area (Å²) in [6.45, 7) is 2.22. The van der Waals surface area contributed by atoms with Gasteiger partial charge in [-0.1, -0.05) is 0 Å². The molecule has 2 amide bonds. The summed E-state index contributed by atoms with van der Waals surface area (Å²) in [7, 11) is 0. The van der Waals surface area contributed by atoms with E-state index in [0.717, 1.165) is 0 Å². The molecule has 0 bridgehead atoms. The summed E-state index contributed by atoms with van der Waals surface area (Å²) in [5.74, 6) is -1.61. The first-order valence-electron chi connectivity index (χ1n) is 6.64. The second-order valence-corrected chi connectivity index (χ2v) is 6.02. The molecule has 21 heavy (non-hydrogen) atoms. The minimum absolute atomic E-state index is 0.149. The Balaban J connectivity index is 2.00. The van der Waals surface area contributed by atoms with E-state index in [4.69, 9.17) is 5.11 Å². The van der Waals surface area contributed by atoms with Crippen LogP contribution in [0.3, 0.4) is 0 Å². The number of halogens is 2. The molecule has 2 rings (SSSR count). The number of carboxylic acid groups (broad SMARTS) is 1. The average molecular weight is 359 g/mol. The van der Waals surface area contributed by atoms with E-state index >= 15 is 0 Å². The molecule has 7 heteroatoms. The highest BCUT2D eigenvalue weighted by molar-refractivity contribution is 9.10. The normalized spacial score (nSPS) is 22.0. The van der Waals surface area contributed by atoms with E-state index in [1.54, 1.807) is 4.90 Å². The number of urea groups is 1. The van der Waals surface area contributed by atoms with E-state index in [-0.39, 0.29) is 16.5 Å². The van der Waals surface area contributed by atoms with Crippen LogP contribution < -0.4 is 5.32 Å². The van der Waals surface area contributed by atoms with Gasteiger partial charge in [-0.15, -0.1) is 0 Å². The van der Waals surface area contributed by atoms with Gasteiger partial charge in [0.05, 0.1) is 10.4 Å². The van der Waals surface area contributed by atoms with Crippen LogP contribution in [0.1, 0.15) is 19.8 Å². The van der Waals surface area contributed by atoms with Crippen LogP contribution in [0.4, 0.5) is 14.9 Å². The van der Waals surface area contributed by atoms with E-state index in [2.05, 4.69) is 21.2 Å². The van der Waals surface area contributed by atoms with Crippen molar-refractivity contribution in [2.45, 2.75) is 25.8 Å². The first-order valence-corrected chi connectivity index (χ1v) is 7.43. The summed E-state index contributed by atoms with van der Waals surface area (Å²) in [5.41, 5.74) is 0.487. The summed E-state index contributed by atoms with van der Waals surface area (Å²) in [6, 6.07) is 3.78. The molecule has 1 aromatic rings. The Morgan fingerprint density at radius 2 is 2.19 bits per heavy atom. The maximum atomic E-state index is 13.1. The minimum Gasteiger partial charge on any atom is -0.481 e. The summed E-state index contributed by atoms with van der Waals surface area (Å²) in [4.78, 5) is 24.8. The number of piperidine rings is 1. The van der Waals surface area contributed by atoms with Crippen molar-refractivity contribution in [2.75, 3.05) is 11.9 Å². The summed E-state index contributed by atoms with van der Waals surface area (Å²) >= 11 is 3.06. The van der Waals surface area contributed by atoms with Crippen LogP contribution in [0.5, 0.6) is 0 Å².